The molecule has 0 radical (unpaired) electrons. The number of halogens is 1. The van der Waals surface area contributed by atoms with Gasteiger partial charge in [0, 0.05) is 37.6 Å². The molecular formula is C28H40ClN7O4. The fourth-order valence-corrected chi connectivity index (χ4v) is 5.16. The van der Waals surface area contributed by atoms with E-state index in [4.69, 9.17) is 22.1 Å². The quantitative estimate of drug-likeness (QED) is 0.244. The third-order valence-corrected chi connectivity index (χ3v) is 7.55. The van der Waals surface area contributed by atoms with Gasteiger partial charge in [0.25, 0.3) is 0 Å². The zero-order valence-electron chi connectivity index (χ0n) is 23.6. The van der Waals surface area contributed by atoms with Gasteiger partial charge in [0.2, 0.25) is 0 Å². The highest BCUT2D eigenvalue weighted by atomic mass is 35.5. The first kappa shape index (κ1) is 30.0. The maximum atomic E-state index is 12.4. The molecule has 3 heterocycles. The maximum Gasteiger partial charge on any atom is 0.319 e. The van der Waals surface area contributed by atoms with Crippen LogP contribution in [0.3, 0.4) is 0 Å². The summed E-state index contributed by atoms with van der Waals surface area (Å²) in [5.74, 6) is 0.227. The number of aromatic nitrogens is 3. The van der Waals surface area contributed by atoms with E-state index < -0.39 is 24.5 Å². The molecule has 11 nitrogen and oxygen atoms in total. The molecule has 0 bridgehead atoms. The van der Waals surface area contributed by atoms with Crippen LogP contribution in [0.5, 0.6) is 0 Å². The van der Waals surface area contributed by atoms with Crippen LogP contribution in [0.25, 0.3) is 11.0 Å². The second kappa shape index (κ2) is 12.3. The molecule has 1 aliphatic heterocycles. The Morgan fingerprint density at radius 1 is 1.20 bits per heavy atom. The van der Waals surface area contributed by atoms with Gasteiger partial charge in [-0.05, 0) is 43.4 Å². The number of nitrogens with one attached hydrogen (secondary N) is 2. The SMILES string of the molecule is CC(C)N(CCCNC(=O)Nc1ccc(C(C)(C)C)cc1)C[C@H]1O[C@@H](n2cc(Cl)c3c(N)ncnc32)[C@H](O)[C@@H]1O. The highest BCUT2D eigenvalue weighted by Gasteiger charge is 2.45. The van der Waals surface area contributed by atoms with Crippen molar-refractivity contribution in [3.05, 3.63) is 47.4 Å². The summed E-state index contributed by atoms with van der Waals surface area (Å²) in [6.45, 7) is 12.1. The molecule has 0 saturated carbocycles. The largest absolute Gasteiger partial charge is 0.387 e. The number of aliphatic hydroxyl groups excluding tert-OH is 2. The first-order valence-corrected chi connectivity index (χ1v) is 13.9. The molecule has 2 aromatic heterocycles. The molecule has 1 aliphatic rings. The molecule has 0 unspecified atom stereocenters. The van der Waals surface area contributed by atoms with Gasteiger partial charge in [-0.15, -0.1) is 0 Å². The molecule has 0 spiro atoms. The van der Waals surface area contributed by atoms with Gasteiger partial charge in [0.05, 0.1) is 10.4 Å². The van der Waals surface area contributed by atoms with Gasteiger partial charge >= 0.3 is 6.03 Å². The Morgan fingerprint density at radius 3 is 2.55 bits per heavy atom. The lowest BCUT2D eigenvalue weighted by Crippen LogP contribution is -2.44. The number of urea groups is 1. The van der Waals surface area contributed by atoms with Crippen molar-refractivity contribution in [2.45, 2.75) is 77.0 Å². The molecule has 218 valence electrons. The average molecular weight is 574 g/mol. The van der Waals surface area contributed by atoms with Crippen molar-refractivity contribution in [3.63, 3.8) is 0 Å². The van der Waals surface area contributed by atoms with E-state index in [0.29, 0.717) is 42.1 Å². The number of nitrogens with two attached hydrogens (primary N) is 1. The summed E-state index contributed by atoms with van der Waals surface area (Å²) < 4.78 is 7.72. The van der Waals surface area contributed by atoms with Gasteiger partial charge in [0.1, 0.15) is 36.1 Å². The number of rotatable bonds is 9. The smallest absolute Gasteiger partial charge is 0.319 e. The maximum absolute atomic E-state index is 12.4. The summed E-state index contributed by atoms with van der Waals surface area (Å²) in [6.07, 6.45) is -0.253. The first-order valence-electron chi connectivity index (χ1n) is 13.5. The monoisotopic (exact) mass is 573 g/mol. The summed E-state index contributed by atoms with van der Waals surface area (Å²) in [5, 5.41) is 28.2. The minimum absolute atomic E-state index is 0.0511. The minimum atomic E-state index is -1.19. The van der Waals surface area contributed by atoms with Crippen LogP contribution in [0.4, 0.5) is 16.3 Å². The van der Waals surface area contributed by atoms with E-state index in [9.17, 15) is 15.0 Å². The van der Waals surface area contributed by atoms with Crippen LogP contribution in [-0.4, -0.2) is 79.7 Å². The molecule has 12 heteroatoms. The summed E-state index contributed by atoms with van der Waals surface area (Å²) >= 11 is 6.35. The number of hydrogen-bond donors (Lipinski definition) is 5. The number of ether oxygens (including phenoxy) is 1. The van der Waals surface area contributed by atoms with Gasteiger partial charge in [0.15, 0.2) is 6.23 Å². The van der Waals surface area contributed by atoms with Crippen LogP contribution in [0, 0.1) is 0 Å². The minimum Gasteiger partial charge on any atom is -0.387 e. The van der Waals surface area contributed by atoms with Crippen molar-refractivity contribution >= 4 is 40.2 Å². The van der Waals surface area contributed by atoms with E-state index >= 15 is 0 Å². The van der Waals surface area contributed by atoms with E-state index in [-0.39, 0.29) is 23.3 Å². The summed E-state index contributed by atoms with van der Waals surface area (Å²) in [6, 6.07) is 7.74. The molecule has 1 saturated heterocycles. The molecule has 0 aliphatic carbocycles. The third-order valence-electron chi connectivity index (χ3n) is 7.26. The lowest BCUT2D eigenvalue weighted by molar-refractivity contribution is -0.0465. The highest BCUT2D eigenvalue weighted by Crippen LogP contribution is 2.36. The van der Waals surface area contributed by atoms with E-state index in [1.165, 1.54) is 11.9 Å². The Hall–Kier alpha value is -2.96. The number of anilines is 2. The number of amides is 2. The predicted molar refractivity (Wildman–Crippen MR) is 156 cm³/mol. The van der Waals surface area contributed by atoms with Gasteiger partial charge in [-0.2, -0.15) is 0 Å². The fourth-order valence-electron chi connectivity index (χ4n) is 4.87. The van der Waals surface area contributed by atoms with Crippen molar-refractivity contribution in [1.29, 1.82) is 0 Å². The normalized spacial score (nSPS) is 21.4. The molecule has 40 heavy (non-hydrogen) atoms. The van der Waals surface area contributed by atoms with Crippen LogP contribution in [-0.2, 0) is 10.2 Å². The van der Waals surface area contributed by atoms with Crippen molar-refractivity contribution in [2.24, 2.45) is 0 Å². The Bertz CT molecular complexity index is 1310. The van der Waals surface area contributed by atoms with Crippen LogP contribution in [0.1, 0.15) is 52.8 Å². The third kappa shape index (κ3) is 6.67. The van der Waals surface area contributed by atoms with Crippen molar-refractivity contribution < 1.29 is 19.7 Å². The van der Waals surface area contributed by atoms with Gasteiger partial charge in [-0.3, -0.25) is 4.90 Å². The lowest BCUT2D eigenvalue weighted by atomic mass is 9.87. The van der Waals surface area contributed by atoms with Crippen molar-refractivity contribution in [2.75, 3.05) is 30.7 Å². The lowest BCUT2D eigenvalue weighted by Gasteiger charge is -2.30. The van der Waals surface area contributed by atoms with Gasteiger partial charge in [-0.25, -0.2) is 14.8 Å². The topological polar surface area (TPSA) is 151 Å². The van der Waals surface area contributed by atoms with E-state index in [1.807, 2.05) is 24.3 Å². The zero-order chi connectivity index (χ0) is 29.2. The molecule has 2 amide bonds. The summed E-state index contributed by atoms with van der Waals surface area (Å²) in [5.41, 5.74) is 8.36. The number of benzene rings is 1. The molecule has 4 rings (SSSR count). The summed E-state index contributed by atoms with van der Waals surface area (Å²) in [7, 11) is 0. The van der Waals surface area contributed by atoms with Crippen molar-refractivity contribution in [1.82, 2.24) is 24.8 Å². The first-order chi connectivity index (χ1) is 18.9. The molecule has 4 atom stereocenters. The Labute approximate surface area is 239 Å². The van der Waals surface area contributed by atoms with Gasteiger partial charge < -0.3 is 35.9 Å². The highest BCUT2D eigenvalue weighted by molar-refractivity contribution is 6.36. The van der Waals surface area contributed by atoms with Crippen LogP contribution in [0.15, 0.2) is 36.8 Å². The average Bonchev–Trinajstić information content (AvgIpc) is 3.37. The van der Waals surface area contributed by atoms with Crippen molar-refractivity contribution in [3.8, 4) is 0 Å². The van der Waals surface area contributed by atoms with Gasteiger partial charge in [-0.1, -0.05) is 44.5 Å². The Balaban J connectivity index is 1.30. The second-order valence-electron chi connectivity index (χ2n) is 11.5. The van der Waals surface area contributed by atoms with Crippen LogP contribution in [0.2, 0.25) is 5.02 Å². The summed E-state index contributed by atoms with van der Waals surface area (Å²) in [4.78, 5) is 22.7. The number of nitrogens with zero attached hydrogens (tertiary/aromatic N) is 4. The van der Waals surface area contributed by atoms with Crippen LogP contribution < -0.4 is 16.4 Å². The Morgan fingerprint density at radius 2 is 1.90 bits per heavy atom. The zero-order valence-corrected chi connectivity index (χ0v) is 24.4. The fraction of sp³-hybridized carbons (Fsp3) is 0.536. The number of fused-ring (bicyclic) bond motifs is 1. The number of aliphatic hydroxyl groups is 2. The number of carbonyl (C=O) groups is 1. The van der Waals surface area contributed by atoms with Crippen LogP contribution >= 0.6 is 11.6 Å². The molecule has 6 N–H and O–H groups in total. The predicted octanol–water partition coefficient (Wildman–Crippen LogP) is 3.51. The number of hydrogen-bond acceptors (Lipinski definition) is 8. The number of nitrogen functional groups attached to an aromatic ring is 1. The number of carbonyl (C=O) groups excluding carboxylic acids is 1. The van der Waals surface area contributed by atoms with E-state index in [2.05, 4.69) is 60.1 Å². The Kier molecular flexibility index (Phi) is 9.21. The van der Waals surface area contributed by atoms with E-state index in [0.717, 1.165) is 5.69 Å². The molecule has 1 aromatic carbocycles. The molecule has 1 fully saturated rings. The standard InChI is InChI=1S/C28H40ClN7O4/c1-16(2)35(12-6-11-31-27(39)34-18-9-7-17(8-10-18)28(3,4)5)14-20-22(37)23(38)26(40-20)36-13-19(29)21-24(30)32-15-33-25(21)36/h7-10,13,15-16,20,22-23,26,37-38H,6,11-12,14H2,1-5H3,(H2,30,32,33)(H2,31,34,39)/t20-,22-,23-,26-/m1/s1. The molecule has 3 aromatic rings. The van der Waals surface area contributed by atoms with E-state index in [1.54, 1.807) is 10.8 Å². The second-order valence-corrected chi connectivity index (χ2v) is 11.9. The molecular weight excluding hydrogens is 534 g/mol.